The Bertz CT molecular complexity index is 1050. The number of carbonyl (C=O) groups is 1. The number of carbonyl (C=O) groups excluding carboxylic acids is 1. The van der Waals surface area contributed by atoms with E-state index in [2.05, 4.69) is 36.1 Å². The maximum Gasteiger partial charge on any atom is 0.174 e. The number of nitrogens with zero attached hydrogens (tertiary/aromatic N) is 1. The van der Waals surface area contributed by atoms with Crippen LogP contribution in [0.3, 0.4) is 0 Å². The van der Waals surface area contributed by atoms with Crippen LogP contribution in [0.5, 0.6) is 17.2 Å². The molecular formula is C27H31NO4. The Morgan fingerprint density at radius 1 is 1.28 bits per heavy atom. The van der Waals surface area contributed by atoms with Crippen LogP contribution in [-0.2, 0) is 23.1 Å². The lowest BCUT2D eigenvalue weighted by molar-refractivity contribution is -0.138. The van der Waals surface area contributed by atoms with Crippen molar-refractivity contribution in [1.29, 1.82) is 0 Å². The number of benzene rings is 2. The van der Waals surface area contributed by atoms with Crippen molar-refractivity contribution in [3.8, 4) is 17.2 Å². The Morgan fingerprint density at radius 3 is 2.94 bits per heavy atom. The fraction of sp³-hybridized carbons (Fsp3) is 0.519. The van der Waals surface area contributed by atoms with Gasteiger partial charge in [0.25, 0.3) is 0 Å². The summed E-state index contributed by atoms with van der Waals surface area (Å²) in [5.74, 6) is 2.04. The van der Waals surface area contributed by atoms with Crippen LogP contribution in [0.1, 0.15) is 49.3 Å². The summed E-state index contributed by atoms with van der Waals surface area (Å²) in [5.41, 5.74) is 3.26. The first-order valence-corrected chi connectivity index (χ1v) is 12.1. The first kappa shape index (κ1) is 20.1. The average Bonchev–Trinajstić information content (AvgIpc) is 3.16. The summed E-state index contributed by atoms with van der Waals surface area (Å²) in [6.07, 6.45) is 4.74. The molecule has 168 valence electrons. The predicted molar refractivity (Wildman–Crippen MR) is 122 cm³/mol. The minimum atomic E-state index is -0.448. The summed E-state index contributed by atoms with van der Waals surface area (Å²) in [6.45, 7) is 4.83. The molecule has 1 saturated heterocycles. The zero-order valence-electron chi connectivity index (χ0n) is 18.7. The third-order valence-electron chi connectivity index (χ3n) is 8.43. The van der Waals surface area contributed by atoms with Crippen molar-refractivity contribution in [3.63, 3.8) is 0 Å². The highest BCUT2D eigenvalue weighted by atomic mass is 16.5. The minimum absolute atomic E-state index is 0.119. The van der Waals surface area contributed by atoms with Crippen LogP contribution in [0.15, 0.2) is 36.4 Å². The van der Waals surface area contributed by atoms with E-state index >= 15 is 0 Å². The van der Waals surface area contributed by atoms with Gasteiger partial charge < -0.3 is 14.6 Å². The zero-order chi connectivity index (χ0) is 21.9. The number of ketones is 1. The van der Waals surface area contributed by atoms with Gasteiger partial charge in [-0.05, 0) is 56.7 Å². The van der Waals surface area contributed by atoms with Gasteiger partial charge in [0.05, 0.1) is 6.61 Å². The summed E-state index contributed by atoms with van der Waals surface area (Å²) in [7, 11) is 0. The maximum absolute atomic E-state index is 13.0. The van der Waals surface area contributed by atoms with Gasteiger partial charge in [-0.25, -0.2) is 0 Å². The van der Waals surface area contributed by atoms with Gasteiger partial charge in [-0.2, -0.15) is 0 Å². The van der Waals surface area contributed by atoms with Crippen LogP contribution < -0.4 is 9.47 Å². The Kier molecular flexibility index (Phi) is 4.72. The molecule has 0 amide bonds. The molecule has 2 aromatic carbocycles. The molecule has 1 N–H and O–H groups in total. The normalized spacial score (nSPS) is 30.0. The van der Waals surface area contributed by atoms with Crippen molar-refractivity contribution in [2.75, 3.05) is 19.7 Å². The molecule has 2 heterocycles. The summed E-state index contributed by atoms with van der Waals surface area (Å²) in [6, 6.07) is 12.6. The van der Waals surface area contributed by atoms with Crippen molar-refractivity contribution in [3.05, 3.63) is 53.1 Å². The van der Waals surface area contributed by atoms with Gasteiger partial charge in [0.15, 0.2) is 23.4 Å². The number of hydrogen-bond donors (Lipinski definition) is 1. The number of aryl methyl sites for hydroxylation is 1. The van der Waals surface area contributed by atoms with E-state index in [4.69, 9.17) is 9.47 Å². The molecule has 5 nitrogen and oxygen atoms in total. The molecule has 5 heteroatoms. The summed E-state index contributed by atoms with van der Waals surface area (Å²) >= 11 is 0. The molecular weight excluding hydrogens is 402 g/mol. The van der Waals surface area contributed by atoms with E-state index in [1.54, 1.807) is 6.07 Å². The lowest BCUT2D eigenvalue weighted by Gasteiger charge is -2.57. The molecule has 2 aromatic rings. The van der Waals surface area contributed by atoms with Crippen molar-refractivity contribution in [2.45, 2.75) is 63.0 Å². The van der Waals surface area contributed by atoms with E-state index < -0.39 is 6.10 Å². The molecule has 32 heavy (non-hydrogen) atoms. The van der Waals surface area contributed by atoms with Gasteiger partial charge in [-0.3, -0.25) is 9.69 Å². The van der Waals surface area contributed by atoms with Crippen molar-refractivity contribution < 1.29 is 19.4 Å². The van der Waals surface area contributed by atoms with E-state index in [-0.39, 0.29) is 16.9 Å². The van der Waals surface area contributed by atoms with Crippen molar-refractivity contribution in [1.82, 2.24) is 4.90 Å². The second-order valence-corrected chi connectivity index (χ2v) is 9.81. The molecule has 0 radical (unpaired) electrons. The number of hydrogen-bond acceptors (Lipinski definition) is 5. The second kappa shape index (κ2) is 7.51. The molecule has 2 aliphatic heterocycles. The summed E-state index contributed by atoms with van der Waals surface area (Å²) in [5, 5.41) is 10.9. The Morgan fingerprint density at radius 2 is 2.12 bits per heavy atom. The van der Waals surface area contributed by atoms with E-state index in [1.807, 2.05) is 6.07 Å². The number of phenolic OH excluding ortho intramolecular Hbond substituents is 1. The van der Waals surface area contributed by atoms with Crippen LogP contribution >= 0.6 is 0 Å². The van der Waals surface area contributed by atoms with E-state index in [0.717, 1.165) is 62.1 Å². The molecule has 2 aliphatic carbocycles. The van der Waals surface area contributed by atoms with E-state index in [0.29, 0.717) is 30.7 Å². The summed E-state index contributed by atoms with van der Waals surface area (Å²) in [4.78, 5) is 15.5. The molecule has 1 spiro atoms. The highest BCUT2D eigenvalue weighted by Gasteiger charge is 2.66. The third kappa shape index (κ3) is 2.76. The molecule has 2 fully saturated rings. The first-order valence-electron chi connectivity index (χ1n) is 12.1. The van der Waals surface area contributed by atoms with Crippen LogP contribution in [-0.4, -0.2) is 47.6 Å². The Hall–Kier alpha value is -2.53. The predicted octanol–water partition coefficient (Wildman–Crippen LogP) is 4.03. The van der Waals surface area contributed by atoms with Gasteiger partial charge in [-0.1, -0.05) is 37.3 Å². The third-order valence-corrected chi connectivity index (χ3v) is 8.43. The smallest absolute Gasteiger partial charge is 0.174 e. The highest BCUT2D eigenvalue weighted by molar-refractivity contribution is 5.89. The molecule has 0 unspecified atom stereocenters. The molecule has 2 bridgehead atoms. The van der Waals surface area contributed by atoms with Crippen molar-refractivity contribution >= 4 is 5.78 Å². The van der Waals surface area contributed by atoms with Crippen LogP contribution in [0.4, 0.5) is 0 Å². The maximum atomic E-state index is 13.0. The highest BCUT2D eigenvalue weighted by Crippen LogP contribution is 2.64. The second-order valence-electron chi connectivity index (χ2n) is 9.81. The van der Waals surface area contributed by atoms with Gasteiger partial charge in [0.2, 0.25) is 0 Å². The van der Waals surface area contributed by atoms with Crippen LogP contribution in [0.25, 0.3) is 0 Å². The minimum Gasteiger partial charge on any atom is -0.504 e. The first-order chi connectivity index (χ1) is 15.6. The largest absolute Gasteiger partial charge is 0.504 e. The number of likely N-dealkylation sites (N-methyl/N-ethyl adjacent to an activating group) is 1. The SMILES string of the molecule is CCN1CC[C@]23c4c5c(OCCCc6ccccc6)cc(O)c4O[C@H]2C(=O)CC[C@H]3[C@H]1C5. The number of piperidine rings is 1. The number of rotatable bonds is 6. The number of ether oxygens (including phenoxy) is 2. The quantitative estimate of drug-likeness (QED) is 0.697. The molecule has 4 atom stereocenters. The molecule has 6 rings (SSSR count). The van der Waals surface area contributed by atoms with Gasteiger partial charge in [0.1, 0.15) is 5.75 Å². The van der Waals surface area contributed by atoms with E-state index in [9.17, 15) is 9.90 Å². The van der Waals surface area contributed by atoms with Gasteiger partial charge >= 0.3 is 0 Å². The topological polar surface area (TPSA) is 59.0 Å². The Labute approximate surface area is 189 Å². The Balaban J connectivity index is 1.35. The zero-order valence-corrected chi connectivity index (χ0v) is 18.7. The van der Waals surface area contributed by atoms with Crippen LogP contribution in [0.2, 0.25) is 0 Å². The summed E-state index contributed by atoms with van der Waals surface area (Å²) < 4.78 is 12.6. The van der Waals surface area contributed by atoms with E-state index in [1.165, 1.54) is 5.56 Å². The van der Waals surface area contributed by atoms with Crippen molar-refractivity contribution in [2.24, 2.45) is 5.92 Å². The monoisotopic (exact) mass is 433 g/mol. The molecule has 4 aliphatic rings. The fourth-order valence-electron chi connectivity index (χ4n) is 7.08. The number of Topliss-reactive ketones (excluding diaryl/α,β-unsaturated/α-hetero) is 1. The van der Waals surface area contributed by atoms with Crippen LogP contribution in [0, 0.1) is 5.92 Å². The molecule has 0 aromatic heterocycles. The lowest BCUT2D eigenvalue weighted by Crippen LogP contribution is -2.66. The standard InChI is InChI=1S/C27H31NO4/c1-2-28-13-12-27-19-10-11-21(29)26(27)32-25-22(30)16-23(18(24(25)27)15-20(19)28)31-14-6-9-17-7-4-3-5-8-17/h3-5,7-8,16,19-20,26,30H,2,6,9-15H2,1H3/t19-,20+,26-,27-/m0/s1. The number of aromatic hydroxyl groups is 1. The number of phenols is 1. The molecule has 1 saturated carbocycles. The lowest BCUT2D eigenvalue weighted by atomic mass is 9.51. The number of likely N-dealkylation sites (tertiary alicyclic amines) is 1. The average molecular weight is 434 g/mol. The fourth-order valence-corrected chi connectivity index (χ4v) is 7.08. The van der Waals surface area contributed by atoms with Gasteiger partial charge in [0, 0.05) is 35.1 Å². The van der Waals surface area contributed by atoms with Gasteiger partial charge in [-0.15, -0.1) is 0 Å².